The molecule has 2 aromatic rings. The minimum Gasteiger partial charge on any atom is -0.406 e. The molecular weight excluding hydrogens is 271 g/mol. The van der Waals surface area contributed by atoms with Gasteiger partial charge in [0, 0.05) is 5.69 Å². The molecule has 20 heavy (non-hydrogen) atoms. The monoisotopic (exact) mass is 285 g/mol. The van der Waals surface area contributed by atoms with Crippen molar-refractivity contribution in [1.82, 2.24) is 9.55 Å². The van der Waals surface area contributed by atoms with Crippen LogP contribution in [0.3, 0.4) is 0 Å². The molecule has 0 unspecified atom stereocenters. The van der Waals surface area contributed by atoms with Crippen LogP contribution in [-0.2, 0) is 5.54 Å². The lowest BCUT2D eigenvalue weighted by molar-refractivity contribution is -0.274. The molecule has 108 valence electrons. The van der Waals surface area contributed by atoms with Crippen molar-refractivity contribution in [2.45, 2.75) is 25.7 Å². The molecule has 2 rings (SSSR count). The van der Waals surface area contributed by atoms with Crippen molar-refractivity contribution in [2.24, 2.45) is 5.73 Å². The summed E-state index contributed by atoms with van der Waals surface area (Å²) in [6.45, 7) is 3.64. The molecule has 0 atom stereocenters. The summed E-state index contributed by atoms with van der Waals surface area (Å²) in [5.41, 5.74) is 6.81. The van der Waals surface area contributed by atoms with Gasteiger partial charge in [0.05, 0.1) is 23.8 Å². The zero-order chi connectivity index (χ0) is 15.0. The molecule has 0 bridgehead atoms. The van der Waals surface area contributed by atoms with E-state index >= 15 is 0 Å². The van der Waals surface area contributed by atoms with Crippen molar-refractivity contribution in [2.75, 3.05) is 0 Å². The molecule has 0 aliphatic carbocycles. The van der Waals surface area contributed by atoms with E-state index in [-0.39, 0.29) is 5.75 Å². The number of halogens is 3. The van der Waals surface area contributed by atoms with Crippen molar-refractivity contribution in [3.8, 4) is 11.4 Å². The third-order valence-corrected chi connectivity index (χ3v) is 2.65. The lowest BCUT2D eigenvalue weighted by Gasteiger charge is -2.20. The maximum Gasteiger partial charge on any atom is 0.573 e. The lowest BCUT2D eigenvalue weighted by Crippen LogP contribution is -2.31. The van der Waals surface area contributed by atoms with E-state index < -0.39 is 11.9 Å². The molecule has 1 aromatic heterocycles. The number of imidazole rings is 1. The van der Waals surface area contributed by atoms with Crippen LogP contribution in [0.2, 0.25) is 0 Å². The molecular formula is C13H14F3N3O. The van der Waals surface area contributed by atoms with E-state index in [1.165, 1.54) is 24.3 Å². The van der Waals surface area contributed by atoms with Crippen LogP contribution in [0, 0.1) is 0 Å². The Labute approximate surface area is 114 Å². The Hall–Kier alpha value is -2.02. The summed E-state index contributed by atoms with van der Waals surface area (Å²) < 4.78 is 41.8. The molecule has 7 heteroatoms. The largest absolute Gasteiger partial charge is 0.573 e. The molecule has 0 fully saturated rings. The van der Waals surface area contributed by atoms with Gasteiger partial charge in [0.25, 0.3) is 0 Å². The zero-order valence-electron chi connectivity index (χ0n) is 11.0. The highest BCUT2D eigenvalue weighted by molar-refractivity contribution is 5.39. The molecule has 0 saturated carbocycles. The van der Waals surface area contributed by atoms with E-state index in [4.69, 9.17) is 5.73 Å². The predicted octanol–water partition coefficient (Wildman–Crippen LogP) is 2.96. The third kappa shape index (κ3) is 3.30. The van der Waals surface area contributed by atoms with Crippen molar-refractivity contribution >= 4 is 0 Å². The van der Waals surface area contributed by atoms with Gasteiger partial charge in [-0.3, -0.25) is 0 Å². The van der Waals surface area contributed by atoms with Gasteiger partial charge in [-0.1, -0.05) is 0 Å². The SMILES string of the molecule is CC(C)(N)c1cncn1-c1ccc(OC(F)(F)F)cc1. The van der Waals surface area contributed by atoms with Gasteiger partial charge >= 0.3 is 6.36 Å². The second kappa shape index (κ2) is 4.82. The molecule has 2 N–H and O–H groups in total. The highest BCUT2D eigenvalue weighted by atomic mass is 19.4. The maximum atomic E-state index is 12.1. The number of hydrogen-bond donors (Lipinski definition) is 1. The summed E-state index contributed by atoms with van der Waals surface area (Å²) >= 11 is 0. The normalized spacial score (nSPS) is 12.5. The first-order valence-corrected chi connectivity index (χ1v) is 5.85. The Bertz CT molecular complexity index is 582. The quantitative estimate of drug-likeness (QED) is 0.943. The Morgan fingerprint density at radius 3 is 2.25 bits per heavy atom. The highest BCUT2D eigenvalue weighted by Crippen LogP contribution is 2.25. The smallest absolute Gasteiger partial charge is 0.406 e. The van der Waals surface area contributed by atoms with Gasteiger partial charge < -0.3 is 15.0 Å². The number of benzene rings is 1. The second-order valence-corrected chi connectivity index (χ2v) is 4.91. The van der Waals surface area contributed by atoms with Crippen LogP contribution < -0.4 is 10.5 Å². The Balaban J connectivity index is 2.30. The average molecular weight is 285 g/mol. The van der Waals surface area contributed by atoms with E-state index in [9.17, 15) is 13.2 Å². The number of nitrogens with two attached hydrogens (primary N) is 1. The van der Waals surface area contributed by atoms with Crippen LogP contribution in [0.25, 0.3) is 5.69 Å². The Kier molecular flexibility index (Phi) is 3.47. The minimum atomic E-state index is -4.69. The number of aromatic nitrogens is 2. The fraction of sp³-hybridized carbons (Fsp3) is 0.308. The van der Waals surface area contributed by atoms with Gasteiger partial charge in [0.15, 0.2) is 0 Å². The van der Waals surface area contributed by atoms with Gasteiger partial charge in [0.2, 0.25) is 0 Å². The molecule has 0 amide bonds. The van der Waals surface area contributed by atoms with Gasteiger partial charge in [-0.05, 0) is 38.1 Å². The highest BCUT2D eigenvalue weighted by Gasteiger charge is 2.31. The predicted molar refractivity (Wildman–Crippen MR) is 67.5 cm³/mol. The summed E-state index contributed by atoms with van der Waals surface area (Å²) in [6, 6.07) is 5.52. The van der Waals surface area contributed by atoms with E-state index in [1.54, 1.807) is 17.1 Å². The average Bonchev–Trinajstić information content (AvgIpc) is 2.76. The number of rotatable bonds is 3. The molecule has 0 spiro atoms. The topological polar surface area (TPSA) is 53.1 Å². The van der Waals surface area contributed by atoms with Crippen molar-refractivity contribution in [3.05, 3.63) is 42.5 Å². The number of ether oxygens (including phenoxy) is 1. The first kappa shape index (κ1) is 14.4. The fourth-order valence-corrected chi connectivity index (χ4v) is 1.79. The summed E-state index contributed by atoms with van der Waals surface area (Å²) in [4.78, 5) is 4.02. The van der Waals surface area contributed by atoms with Gasteiger partial charge in [-0.15, -0.1) is 13.2 Å². The molecule has 0 saturated heterocycles. The number of alkyl halides is 3. The molecule has 1 heterocycles. The molecule has 0 aliphatic heterocycles. The molecule has 0 aliphatic rings. The van der Waals surface area contributed by atoms with E-state index in [1.807, 2.05) is 13.8 Å². The molecule has 1 aromatic carbocycles. The van der Waals surface area contributed by atoms with Crippen molar-refractivity contribution < 1.29 is 17.9 Å². The standard InChI is InChI=1S/C13H14F3N3O/c1-12(2,17)11-7-18-8-19(11)9-3-5-10(6-4-9)20-13(14,15)16/h3-8H,17H2,1-2H3. The van der Waals surface area contributed by atoms with E-state index in [2.05, 4.69) is 9.72 Å². The van der Waals surface area contributed by atoms with E-state index in [0.29, 0.717) is 5.69 Å². The van der Waals surface area contributed by atoms with Gasteiger partial charge in [-0.25, -0.2) is 4.98 Å². The lowest BCUT2D eigenvalue weighted by atomic mass is 10.0. The second-order valence-electron chi connectivity index (χ2n) is 4.91. The van der Waals surface area contributed by atoms with Crippen molar-refractivity contribution in [1.29, 1.82) is 0 Å². The van der Waals surface area contributed by atoms with Crippen LogP contribution in [0.4, 0.5) is 13.2 Å². The number of nitrogens with zero attached hydrogens (tertiary/aromatic N) is 2. The van der Waals surface area contributed by atoms with Crippen LogP contribution in [0.5, 0.6) is 5.75 Å². The van der Waals surface area contributed by atoms with Gasteiger partial charge in [0.1, 0.15) is 5.75 Å². The third-order valence-electron chi connectivity index (χ3n) is 2.65. The van der Waals surface area contributed by atoms with Crippen LogP contribution >= 0.6 is 0 Å². The van der Waals surface area contributed by atoms with Crippen LogP contribution in [0.15, 0.2) is 36.8 Å². The summed E-state index contributed by atoms with van der Waals surface area (Å²) in [5, 5.41) is 0. The van der Waals surface area contributed by atoms with Crippen LogP contribution in [-0.4, -0.2) is 15.9 Å². The van der Waals surface area contributed by atoms with Gasteiger partial charge in [-0.2, -0.15) is 0 Å². The first-order valence-electron chi connectivity index (χ1n) is 5.85. The molecule has 0 radical (unpaired) electrons. The summed E-state index contributed by atoms with van der Waals surface area (Å²) in [5.74, 6) is -0.269. The summed E-state index contributed by atoms with van der Waals surface area (Å²) in [6.07, 6.45) is -1.51. The first-order chi connectivity index (χ1) is 9.17. The molecule has 4 nitrogen and oxygen atoms in total. The zero-order valence-corrected chi connectivity index (χ0v) is 11.0. The number of hydrogen-bond acceptors (Lipinski definition) is 3. The fourth-order valence-electron chi connectivity index (χ4n) is 1.79. The van der Waals surface area contributed by atoms with Crippen molar-refractivity contribution in [3.63, 3.8) is 0 Å². The Morgan fingerprint density at radius 1 is 1.15 bits per heavy atom. The Morgan fingerprint density at radius 2 is 1.75 bits per heavy atom. The van der Waals surface area contributed by atoms with E-state index in [0.717, 1.165) is 5.69 Å². The summed E-state index contributed by atoms with van der Waals surface area (Å²) in [7, 11) is 0. The minimum absolute atomic E-state index is 0.269. The van der Waals surface area contributed by atoms with Crippen LogP contribution in [0.1, 0.15) is 19.5 Å². The maximum absolute atomic E-state index is 12.1.